The Hall–Kier alpha value is -8.13. The Morgan fingerprint density at radius 3 is 1.48 bits per heavy atom. The third-order valence-electron chi connectivity index (χ3n) is 10.2. The number of para-hydroxylation sites is 1. The number of rotatable bonds is 14. The minimum atomic E-state index is -0.528. The maximum absolute atomic E-state index is 13.9. The number of amides is 4. The summed E-state index contributed by atoms with van der Waals surface area (Å²) in [5.41, 5.74) is 11.3. The molecule has 0 saturated heterocycles. The molecule has 0 fully saturated rings. The second kappa shape index (κ2) is 22.3. The topological polar surface area (TPSA) is 186 Å². The van der Waals surface area contributed by atoms with Gasteiger partial charge in [-0.2, -0.15) is 0 Å². The molecule has 4 N–H and O–H groups in total. The molecule has 14 heteroatoms. The molecule has 0 aliphatic heterocycles. The minimum absolute atomic E-state index is 0.0966. The van der Waals surface area contributed by atoms with Crippen molar-refractivity contribution in [3.05, 3.63) is 173 Å². The molecule has 2 aromatic heterocycles. The summed E-state index contributed by atoms with van der Waals surface area (Å²) < 4.78 is 10.1. The van der Waals surface area contributed by atoms with E-state index in [1.54, 1.807) is 74.8 Å². The van der Waals surface area contributed by atoms with Gasteiger partial charge in [-0.1, -0.05) is 78.9 Å². The Morgan fingerprint density at radius 2 is 1.00 bits per heavy atom. The van der Waals surface area contributed by atoms with E-state index in [0.29, 0.717) is 34.0 Å². The number of fused-ring (bicyclic) bond motifs is 2. The number of esters is 2. The molecule has 5 aromatic carbocycles. The van der Waals surface area contributed by atoms with Crippen molar-refractivity contribution >= 4 is 68.4 Å². The first-order chi connectivity index (χ1) is 31.4. The summed E-state index contributed by atoms with van der Waals surface area (Å²) >= 11 is 0. The predicted octanol–water partition coefficient (Wildman–Crippen LogP) is 8.72. The van der Waals surface area contributed by atoms with E-state index < -0.39 is 23.9 Å². The first-order valence-corrected chi connectivity index (χ1v) is 21.1. The van der Waals surface area contributed by atoms with Crippen LogP contribution >= 0.6 is 0 Å². The van der Waals surface area contributed by atoms with Crippen LogP contribution < -0.4 is 16.4 Å². The smallest absolute Gasteiger partial charge is 0.325 e. The number of benzene rings is 5. The number of urea groups is 1. The molecule has 7 aromatic rings. The molecule has 332 valence electrons. The average Bonchev–Trinajstić information content (AvgIpc) is 3.30. The quantitative estimate of drug-likeness (QED) is 0.0705. The Morgan fingerprint density at radius 1 is 0.554 bits per heavy atom. The van der Waals surface area contributed by atoms with E-state index in [9.17, 15) is 24.0 Å². The van der Waals surface area contributed by atoms with Crippen LogP contribution in [0.5, 0.6) is 0 Å². The van der Waals surface area contributed by atoms with Gasteiger partial charge >= 0.3 is 18.0 Å². The summed E-state index contributed by atoms with van der Waals surface area (Å²) in [6.07, 6.45) is 3.27. The third-order valence-corrected chi connectivity index (χ3v) is 10.2. The summed E-state index contributed by atoms with van der Waals surface area (Å²) in [6.45, 7) is 7.57. The number of carbonyl (C=O) groups excluding carboxylic acids is 5. The summed E-state index contributed by atoms with van der Waals surface area (Å²) in [5, 5.41) is 9.29. The molecule has 0 bridgehead atoms. The van der Waals surface area contributed by atoms with E-state index in [1.807, 2.05) is 92.7 Å². The van der Waals surface area contributed by atoms with Gasteiger partial charge in [-0.3, -0.25) is 29.1 Å². The van der Waals surface area contributed by atoms with Crippen LogP contribution in [0.25, 0.3) is 21.5 Å². The Balaban J connectivity index is 0.000000228. The molecule has 0 saturated carbocycles. The van der Waals surface area contributed by atoms with Gasteiger partial charge in [0.1, 0.15) is 13.1 Å². The van der Waals surface area contributed by atoms with Gasteiger partial charge in [0, 0.05) is 23.8 Å². The Kier molecular flexibility index (Phi) is 15.9. The van der Waals surface area contributed by atoms with E-state index >= 15 is 0 Å². The van der Waals surface area contributed by atoms with Crippen molar-refractivity contribution in [2.75, 3.05) is 42.7 Å². The number of carbonyl (C=O) groups is 5. The van der Waals surface area contributed by atoms with E-state index in [4.69, 9.17) is 15.2 Å². The molecule has 7 rings (SSSR count). The molecule has 0 unspecified atom stereocenters. The lowest BCUT2D eigenvalue weighted by atomic mass is 10.0. The molecular weight excluding hydrogens is 823 g/mol. The van der Waals surface area contributed by atoms with Gasteiger partial charge in [-0.15, -0.1) is 0 Å². The monoisotopic (exact) mass is 873 g/mol. The highest BCUT2D eigenvalue weighted by atomic mass is 16.5. The third kappa shape index (κ3) is 12.5. The highest BCUT2D eigenvalue weighted by Gasteiger charge is 2.25. The lowest BCUT2D eigenvalue weighted by Gasteiger charge is -2.23. The molecule has 4 amide bonds. The van der Waals surface area contributed by atoms with Crippen LogP contribution in [-0.2, 0) is 32.2 Å². The number of hydrogen-bond acceptors (Lipinski definition) is 10. The van der Waals surface area contributed by atoms with Gasteiger partial charge in [0.15, 0.2) is 0 Å². The van der Waals surface area contributed by atoms with Crippen molar-refractivity contribution in [1.29, 1.82) is 0 Å². The van der Waals surface area contributed by atoms with Crippen LogP contribution in [0.3, 0.4) is 0 Å². The Bertz CT molecular complexity index is 2780. The number of anilines is 3. The lowest BCUT2D eigenvalue weighted by Crippen LogP contribution is -2.37. The zero-order chi connectivity index (χ0) is 46.3. The second-order valence-corrected chi connectivity index (χ2v) is 15.0. The van der Waals surface area contributed by atoms with Gasteiger partial charge in [0.05, 0.1) is 54.5 Å². The number of hydrogen-bond donors (Lipinski definition) is 3. The fourth-order valence-electron chi connectivity index (χ4n) is 7.08. The van der Waals surface area contributed by atoms with Gasteiger partial charge in [0.2, 0.25) is 0 Å². The van der Waals surface area contributed by atoms with Crippen molar-refractivity contribution in [1.82, 2.24) is 19.8 Å². The zero-order valence-electron chi connectivity index (χ0n) is 36.7. The molecule has 65 heavy (non-hydrogen) atoms. The molecule has 0 atom stereocenters. The molecule has 0 aliphatic carbocycles. The first kappa shape index (κ1) is 46.4. The van der Waals surface area contributed by atoms with Crippen LogP contribution in [0.2, 0.25) is 0 Å². The first-order valence-electron chi connectivity index (χ1n) is 21.1. The van der Waals surface area contributed by atoms with Crippen molar-refractivity contribution in [2.24, 2.45) is 0 Å². The number of nitrogens with two attached hydrogens (primary N) is 1. The van der Waals surface area contributed by atoms with Crippen LogP contribution in [0, 0.1) is 13.8 Å². The van der Waals surface area contributed by atoms with E-state index in [0.717, 1.165) is 32.7 Å². The van der Waals surface area contributed by atoms with E-state index in [1.165, 1.54) is 9.80 Å². The molecule has 0 spiro atoms. The van der Waals surface area contributed by atoms with Crippen molar-refractivity contribution in [3.63, 3.8) is 0 Å². The molecular formula is C51H51N7O7. The maximum Gasteiger partial charge on any atom is 0.325 e. The maximum atomic E-state index is 13.9. The SMILES string of the molecule is CCOC(=O)CN(Cc1ccccn1)C(=O)c1cc2ccccc2cc1N.CCOC(=O)CN(Cc1ccccn1)C(=O)c1cc2ccccc2cc1NC(=O)Nc1c(C)cccc1C. The van der Waals surface area contributed by atoms with Crippen LogP contribution in [0.1, 0.15) is 57.1 Å². The van der Waals surface area contributed by atoms with Crippen molar-refractivity contribution < 1.29 is 33.4 Å². The van der Waals surface area contributed by atoms with Crippen LogP contribution in [0.4, 0.5) is 21.9 Å². The van der Waals surface area contributed by atoms with Gasteiger partial charge in [0.25, 0.3) is 11.8 Å². The molecule has 2 heterocycles. The summed E-state index contributed by atoms with van der Waals surface area (Å²) in [5.74, 6) is -1.77. The Labute approximate surface area is 377 Å². The number of nitrogen functional groups attached to an aromatic ring is 1. The fourth-order valence-corrected chi connectivity index (χ4v) is 7.08. The second-order valence-electron chi connectivity index (χ2n) is 15.0. The van der Waals surface area contributed by atoms with E-state index in [2.05, 4.69) is 20.6 Å². The molecule has 0 aliphatic rings. The number of nitrogens with one attached hydrogen (secondary N) is 2. The van der Waals surface area contributed by atoms with Crippen LogP contribution in [0.15, 0.2) is 140 Å². The van der Waals surface area contributed by atoms with E-state index in [-0.39, 0.29) is 50.9 Å². The number of ether oxygens (including phenoxy) is 2. The summed E-state index contributed by atoms with van der Waals surface area (Å²) in [7, 11) is 0. The highest BCUT2D eigenvalue weighted by Crippen LogP contribution is 2.28. The number of nitrogens with zero attached hydrogens (tertiary/aromatic N) is 4. The minimum Gasteiger partial charge on any atom is -0.465 e. The van der Waals surface area contributed by atoms with Crippen LogP contribution in [-0.4, -0.2) is 75.9 Å². The number of aromatic nitrogens is 2. The highest BCUT2D eigenvalue weighted by molar-refractivity contribution is 6.10. The predicted molar refractivity (Wildman–Crippen MR) is 252 cm³/mol. The average molecular weight is 874 g/mol. The summed E-state index contributed by atoms with van der Waals surface area (Å²) in [4.78, 5) is 75.9. The van der Waals surface area contributed by atoms with Gasteiger partial charge in [-0.05, 0) is 109 Å². The lowest BCUT2D eigenvalue weighted by molar-refractivity contribution is -0.144. The fraction of sp³-hybridized carbons (Fsp3) is 0.196. The standard InChI is InChI=1S/C30H30N4O4.C21H21N3O3/c1-4-38-27(35)19-34(18-24-14-7-8-15-31-24)29(36)25-16-22-12-5-6-13-23(22)17-26(25)32-30(37)33-28-20(2)10-9-11-21(28)3;1-2-27-20(25)14-24(13-17-9-5-6-10-23-17)21(26)18-11-15-7-3-4-8-16(15)12-19(18)22/h5-17H,4,18-19H2,1-3H3,(H2,32,33,37);3-12H,2,13-14,22H2,1H3. The van der Waals surface area contributed by atoms with Gasteiger partial charge < -0.3 is 35.6 Å². The van der Waals surface area contributed by atoms with Crippen molar-refractivity contribution in [3.8, 4) is 0 Å². The normalized spacial score (nSPS) is 10.6. The zero-order valence-corrected chi connectivity index (χ0v) is 36.7. The van der Waals surface area contributed by atoms with Gasteiger partial charge in [-0.25, -0.2) is 4.79 Å². The largest absolute Gasteiger partial charge is 0.465 e. The number of pyridine rings is 2. The number of aryl methyl sites for hydroxylation is 2. The van der Waals surface area contributed by atoms with Crippen molar-refractivity contribution in [2.45, 2.75) is 40.8 Å². The summed E-state index contributed by atoms with van der Waals surface area (Å²) in [6, 6.07) is 38.3. The molecule has 0 radical (unpaired) electrons. The molecule has 14 nitrogen and oxygen atoms in total.